The normalized spacial score (nSPS) is 23.9. The van der Waals surface area contributed by atoms with Crippen LogP contribution in [0.1, 0.15) is 62.9 Å². The van der Waals surface area contributed by atoms with Gasteiger partial charge >= 0.3 is 0 Å². The Balaban J connectivity index is 1.36. The van der Waals surface area contributed by atoms with Crippen LogP contribution in [-0.2, 0) is 11.3 Å². The van der Waals surface area contributed by atoms with E-state index in [1.165, 1.54) is 19.3 Å². The van der Waals surface area contributed by atoms with Crippen LogP contribution in [0, 0.1) is 11.8 Å². The van der Waals surface area contributed by atoms with E-state index in [-0.39, 0.29) is 17.7 Å². The Morgan fingerprint density at radius 1 is 1.18 bits per heavy atom. The number of nitrogens with zero attached hydrogens (tertiary/aromatic N) is 2. The maximum Gasteiger partial charge on any atom is 0.270 e. The molecule has 6 heteroatoms. The summed E-state index contributed by atoms with van der Waals surface area (Å²) < 4.78 is 7.47. The first-order valence-corrected chi connectivity index (χ1v) is 10.7. The van der Waals surface area contributed by atoms with Crippen molar-refractivity contribution in [1.29, 1.82) is 0 Å². The molecule has 1 aliphatic heterocycles. The third-order valence-corrected chi connectivity index (χ3v) is 6.65. The van der Waals surface area contributed by atoms with Crippen molar-refractivity contribution in [2.45, 2.75) is 65.0 Å². The summed E-state index contributed by atoms with van der Waals surface area (Å²) in [7, 11) is 0. The van der Waals surface area contributed by atoms with Crippen LogP contribution in [0.15, 0.2) is 22.8 Å². The van der Waals surface area contributed by atoms with E-state index < -0.39 is 0 Å². The minimum atomic E-state index is 0.0207. The number of aromatic nitrogens is 1. The lowest BCUT2D eigenvalue weighted by molar-refractivity contribution is -0.127. The number of hydrogen-bond donors (Lipinski definition) is 1. The van der Waals surface area contributed by atoms with Gasteiger partial charge in [-0.3, -0.25) is 9.59 Å². The minimum Gasteiger partial charge on any atom is -0.463 e. The van der Waals surface area contributed by atoms with Crippen LogP contribution >= 0.6 is 0 Å². The van der Waals surface area contributed by atoms with Gasteiger partial charge in [0, 0.05) is 43.7 Å². The second-order valence-corrected chi connectivity index (χ2v) is 8.39. The molecule has 2 unspecified atom stereocenters. The van der Waals surface area contributed by atoms with Crippen molar-refractivity contribution in [3.05, 3.63) is 24.1 Å². The van der Waals surface area contributed by atoms with Gasteiger partial charge in [0.1, 0.15) is 5.69 Å². The van der Waals surface area contributed by atoms with E-state index in [1.54, 1.807) is 6.26 Å². The molecular formula is C22H31N3O3. The molecule has 0 aromatic carbocycles. The summed E-state index contributed by atoms with van der Waals surface area (Å²) in [5.41, 5.74) is 2.39. The lowest BCUT2D eigenvalue weighted by atomic mass is 9.85. The van der Waals surface area contributed by atoms with E-state index in [9.17, 15) is 9.59 Å². The summed E-state index contributed by atoms with van der Waals surface area (Å²) >= 11 is 0. The van der Waals surface area contributed by atoms with Gasteiger partial charge < -0.3 is 19.2 Å². The Kier molecular flexibility index (Phi) is 5.47. The second kappa shape index (κ2) is 8.02. The van der Waals surface area contributed by atoms with Crippen molar-refractivity contribution in [3.63, 3.8) is 0 Å². The van der Waals surface area contributed by atoms with Crippen molar-refractivity contribution in [1.82, 2.24) is 14.8 Å². The monoisotopic (exact) mass is 385 g/mol. The number of fused-ring (bicyclic) bond motifs is 1. The van der Waals surface area contributed by atoms with Crippen LogP contribution in [0.25, 0.3) is 11.1 Å². The average Bonchev–Trinajstić information content (AvgIpc) is 3.30. The van der Waals surface area contributed by atoms with E-state index in [0.717, 1.165) is 36.9 Å². The summed E-state index contributed by atoms with van der Waals surface area (Å²) in [6.07, 6.45) is 7.92. The van der Waals surface area contributed by atoms with Gasteiger partial charge in [-0.2, -0.15) is 0 Å². The number of carbonyl (C=O) groups is 2. The number of nitrogens with one attached hydrogen (secondary N) is 1. The zero-order chi connectivity index (χ0) is 19.7. The molecule has 28 heavy (non-hydrogen) atoms. The van der Waals surface area contributed by atoms with Crippen LogP contribution in [0.4, 0.5) is 0 Å². The molecule has 2 amide bonds. The summed E-state index contributed by atoms with van der Waals surface area (Å²) in [4.78, 5) is 27.6. The van der Waals surface area contributed by atoms with E-state index in [0.29, 0.717) is 30.7 Å². The standard InChI is InChI=1S/C22H31N3O3/c1-3-25-18-10-13-28-20(18)14-19(25)22(27)24-11-8-16(9-12-24)21(26)23-17-7-5-4-6-15(17)2/h10,13-17H,3-9,11-12H2,1-2H3,(H,23,26). The largest absolute Gasteiger partial charge is 0.463 e. The number of piperidine rings is 1. The van der Waals surface area contributed by atoms with Crippen molar-refractivity contribution in [2.75, 3.05) is 13.1 Å². The van der Waals surface area contributed by atoms with Gasteiger partial charge in [-0.1, -0.05) is 19.8 Å². The maximum absolute atomic E-state index is 13.0. The molecule has 1 saturated carbocycles. The third kappa shape index (κ3) is 3.56. The number of aryl methyl sites for hydroxylation is 1. The lowest BCUT2D eigenvalue weighted by Crippen LogP contribution is -2.47. The smallest absolute Gasteiger partial charge is 0.270 e. The molecule has 0 spiro atoms. The van der Waals surface area contributed by atoms with Gasteiger partial charge in [0.15, 0.2) is 5.58 Å². The fraction of sp³-hybridized carbons (Fsp3) is 0.636. The highest BCUT2D eigenvalue weighted by Gasteiger charge is 2.31. The van der Waals surface area contributed by atoms with E-state index in [1.807, 2.05) is 28.5 Å². The number of rotatable bonds is 4. The number of likely N-dealkylation sites (tertiary alicyclic amines) is 1. The highest BCUT2D eigenvalue weighted by atomic mass is 16.3. The van der Waals surface area contributed by atoms with Gasteiger partial charge in [-0.15, -0.1) is 0 Å². The molecule has 4 rings (SSSR count). The maximum atomic E-state index is 13.0. The number of furan rings is 1. The van der Waals surface area contributed by atoms with Crippen LogP contribution in [0.3, 0.4) is 0 Å². The Morgan fingerprint density at radius 2 is 1.93 bits per heavy atom. The van der Waals surface area contributed by atoms with Crippen molar-refractivity contribution in [2.24, 2.45) is 11.8 Å². The Hall–Kier alpha value is -2.24. The fourth-order valence-electron chi connectivity index (χ4n) is 4.83. The van der Waals surface area contributed by atoms with Crippen molar-refractivity contribution >= 4 is 22.9 Å². The minimum absolute atomic E-state index is 0.0207. The molecule has 6 nitrogen and oxygen atoms in total. The topological polar surface area (TPSA) is 67.5 Å². The molecule has 152 valence electrons. The zero-order valence-corrected chi connectivity index (χ0v) is 16.9. The second-order valence-electron chi connectivity index (χ2n) is 8.39. The van der Waals surface area contributed by atoms with Gasteiger partial charge in [0.05, 0.1) is 11.8 Å². The summed E-state index contributed by atoms with van der Waals surface area (Å²) in [6, 6.07) is 4.06. The molecule has 1 aliphatic carbocycles. The first-order valence-electron chi connectivity index (χ1n) is 10.7. The van der Waals surface area contributed by atoms with Crippen molar-refractivity contribution < 1.29 is 14.0 Å². The highest BCUT2D eigenvalue weighted by Crippen LogP contribution is 2.27. The van der Waals surface area contributed by atoms with Gasteiger partial charge in [-0.05, 0) is 38.5 Å². The summed E-state index contributed by atoms with van der Waals surface area (Å²) in [5, 5.41) is 3.29. The molecule has 2 fully saturated rings. The summed E-state index contributed by atoms with van der Waals surface area (Å²) in [5.74, 6) is 0.806. The molecule has 0 radical (unpaired) electrons. The van der Waals surface area contributed by atoms with E-state index in [2.05, 4.69) is 12.2 Å². The van der Waals surface area contributed by atoms with Crippen LogP contribution in [0.2, 0.25) is 0 Å². The predicted octanol–water partition coefficient (Wildman–Crippen LogP) is 3.80. The molecule has 2 atom stereocenters. The van der Waals surface area contributed by atoms with Gasteiger partial charge in [0.2, 0.25) is 5.91 Å². The quantitative estimate of drug-likeness (QED) is 0.870. The molecule has 2 aliphatic rings. The number of amides is 2. The molecule has 2 aromatic rings. The number of carbonyl (C=O) groups excluding carboxylic acids is 2. The molecular weight excluding hydrogens is 354 g/mol. The van der Waals surface area contributed by atoms with Crippen molar-refractivity contribution in [3.8, 4) is 0 Å². The first-order chi connectivity index (χ1) is 13.6. The molecule has 2 aromatic heterocycles. The first kappa shape index (κ1) is 19.1. The molecule has 1 N–H and O–H groups in total. The third-order valence-electron chi connectivity index (χ3n) is 6.65. The number of hydrogen-bond acceptors (Lipinski definition) is 3. The van der Waals surface area contributed by atoms with Crippen LogP contribution in [-0.4, -0.2) is 40.4 Å². The Morgan fingerprint density at radius 3 is 2.64 bits per heavy atom. The SMILES string of the molecule is CCn1c(C(=O)N2CCC(C(=O)NC3CCCCC3C)CC2)cc2occc21. The molecule has 1 saturated heterocycles. The fourth-order valence-corrected chi connectivity index (χ4v) is 4.83. The zero-order valence-electron chi connectivity index (χ0n) is 16.9. The Bertz CT molecular complexity index is 844. The van der Waals surface area contributed by atoms with Gasteiger partial charge in [-0.25, -0.2) is 0 Å². The lowest BCUT2D eigenvalue weighted by Gasteiger charge is -2.34. The van der Waals surface area contributed by atoms with E-state index in [4.69, 9.17) is 4.42 Å². The highest BCUT2D eigenvalue weighted by molar-refractivity contribution is 5.97. The van der Waals surface area contributed by atoms with E-state index >= 15 is 0 Å². The predicted molar refractivity (Wildman–Crippen MR) is 108 cm³/mol. The van der Waals surface area contributed by atoms with Gasteiger partial charge in [0.25, 0.3) is 5.91 Å². The van der Waals surface area contributed by atoms with Crippen LogP contribution in [0.5, 0.6) is 0 Å². The van der Waals surface area contributed by atoms with Crippen LogP contribution < -0.4 is 5.32 Å². The molecule has 3 heterocycles. The summed E-state index contributed by atoms with van der Waals surface area (Å²) in [6.45, 7) is 6.26. The molecule has 0 bridgehead atoms. The Labute approximate surface area is 166 Å². The average molecular weight is 386 g/mol.